The number of rotatable bonds is 3. The summed E-state index contributed by atoms with van der Waals surface area (Å²) in [5, 5.41) is 0. The first-order valence-corrected chi connectivity index (χ1v) is 7.26. The molecule has 2 rings (SSSR count). The van der Waals surface area contributed by atoms with Crippen molar-refractivity contribution in [1.29, 1.82) is 0 Å². The van der Waals surface area contributed by atoms with E-state index in [4.69, 9.17) is 0 Å². The van der Waals surface area contributed by atoms with E-state index in [9.17, 15) is 35.9 Å². The van der Waals surface area contributed by atoms with E-state index < -0.39 is 30.0 Å². The van der Waals surface area contributed by atoms with E-state index in [1.165, 1.54) is 24.3 Å². The second-order valence-electron chi connectivity index (χ2n) is 5.36. The zero-order valence-corrected chi connectivity index (χ0v) is 13.6. The first kappa shape index (κ1) is 20.3. The van der Waals surface area contributed by atoms with Gasteiger partial charge in [-0.25, -0.2) is 4.79 Å². The molecule has 2 aromatic rings. The van der Waals surface area contributed by atoms with E-state index >= 15 is 0 Å². The lowest BCUT2D eigenvalue weighted by Crippen LogP contribution is -2.38. The molecule has 0 heterocycles. The Morgan fingerprint density at radius 1 is 0.778 bits per heavy atom. The van der Waals surface area contributed by atoms with E-state index in [-0.39, 0.29) is 11.4 Å². The van der Waals surface area contributed by atoms with Crippen LogP contribution in [0.4, 0.5) is 37.7 Å². The highest BCUT2D eigenvalue weighted by Crippen LogP contribution is 2.32. The molecule has 4 nitrogen and oxygen atoms in total. The monoisotopic (exact) mass is 391 g/mol. The number of halogens is 6. The number of carbonyl (C=O) groups excluding carboxylic acids is 2. The minimum absolute atomic E-state index is 0.0945. The number of esters is 1. The summed E-state index contributed by atoms with van der Waals surface area (Å²) in [5.41, 5.74) is 0.378. The van der Waals surface area contributed by atoms with Gasteiger partial charge in [0.1, 0.15) is 5.75 Å². The summed E-state index contributed by atoms with van der Waals surface area (Å²) in [4.78, 5) is 23.0. The van der Waals surface area contributed by atoms with Crippen molar-refractivity contribution in [3.8, 4) is 5.75 Å². The van der Waals surface area contributed by atoms with Crippen molar-refractivity contribution in [2.45, 2.75) is 19.3 Å². The molecular weight excluding hydrogens is 380 g/mol. The molecule has 0 aliphatic heterocycles. The summed E-state index contributed by atoms with van der Waals surface area (Å²) in [6.45, 7) is 1.70. The Labute approximate surface area is 149 Å². The van der Waals surface area contributed by atoms with Crippen LogP contribution in [0.5, 0.6) is 5.75 Å². The van der Waals surface area contributed by atoms with Gasteiger partial charge in [0, 0.05) is 11.4 Å². The largest absolute Gasteiger partial charge is 0.491 e. The molecule has 0 aromatic heterocycles. The fourth-order valence-electron chi connectivity index (χ4n) is 2.03. The van der Waals surface area contributed by atoms with Crippen LogP contribution in [-0.4, -0.2) is 24.2 Å². The first-order chi connectivity index (χ1) is 12.4. The van der Waals surface area contributed by atoms with Crippen molar-refractivity contribution >= 4 is 23.3 Å². The Kier molecular flexibility index (Phi) is 5.48. The number of amides is 1. The van der Waals surface area contributed by atoms with E-state index in [1.807, 2.05) is 0 Å². The fraction of sp³-hybridized carbons (Fsp3) is 0.176. The molecule has 0 N–H and O–H groups in total. The van der Waals surface area contributed by atoms with Crippen molar-refractivity contribution in [3.63, 3.8) is 0 Å². The van der Waals surface area contributed by atoms with Crippen LogP contribution >= 0.6 is 0 Å². The van der Waals surface area contributed by atoms with Crippen molar-refractivity contribution < 1.29 is 40.7 Å². The molecule has 1 amide bonds. The van der Waals surface area contributed by atoms with Gasteiger partial charge in [-0.05, 0) is 43.3 Å². The van der Waals surface area contributed by atoms with Gasteiger partial charge in [0.15, 0.2) is 0 Å². The maximum atomic E-state index is 12.9. The van der Waals surface area contributed by atoms with Gasteiger partial charge >= 0.3 is 24.2 Å². The van der Waals surface area contributed by atoms with Crippen LogP contribution in [0.1, 0.15) is 5.56 Å². The lowest BCUT2D eigenvalue weighted by atomic mass is 10.2. The standard InChI is InChI=1S/C17H11F6NO3/c1-10-2-4-11(5-3-10)24(14(25)16(18,19)20)12-6-8-13(9-7-12)27-15(26)17(21,22)23/h2-9H,1H3. The number of aryl methyl sites for hydroxylation is 1. The molecule has 0 spiro atoms. The minimum Gasteiger partial charge on any atom is -0.420 e. The third kappa shape index (κ3) is 4.99. The smallest absolute Gasteiger partial charge is 0.420 e. The van der Waals surface area contributed by atoms with Crippen LogP contribution in [0.15, 0.2) is 48.5 Å². The van der Waals surface area contributed by atoms with Crippen molar-refractivity contribution in [2.24, 2.45) is 0 Å². The maximum Gasteiger partial charge on any atom is 0.491 e. The Hall–Kier alpha value is -3.04. The van der Waals surface area contributed by atoms with Crippen LogP contribution in [0.2, 0.25) is 0 Å². The molecular formula is C17H11F6NO3. The number of hydrogen-bond donors (Lipinski definition) is 0. The Bertz CT molecular complexity index is 826. The van der Waals surface area contributed by atoms with Gasteiger partial charge in [0.25, 0.3) is 0 Å². The molecule has 0 aliphatic rings. The van der Waals surface area contributed by atoms with Crippen LogP contribution < -0.4 is 9.64 Å². The van der Waals surface area contributed by atoms with Gasteiger partial charge in [0.05, 0.1) is 0 Å². The molecule has 144 valence electrons. The number of anilines is 2. The lowest BCUT2D eigenvalue weighted by molar-refractivity contribution is -0.189. The number of ether oxygens (including phenoxy) is 1. The number of hydrogen-bond acceptors (Lipinski definition) is 3. The molecule has 0 bridgehead atoms. The molecule has 0 saturated carbocycles. The van der Waals surface area contributed by atoms with E-state index in [0.717, 1.165) is 29.8 Å². The lowest BCUT2D eigenvalue weighted by Gasteiger charge is -2.24. The zero-order valence-electron chi connectivity index (χ0n) is 13.6. The highest BCUT2D eigenvalue weighted by atomic mass is 19.4. The first-order valence-electron chi connectivity index (χ1n) is 7.26. The highest BCUT2D eigenvalue weighted by molar-refractivity contribution is 6.03. The van der Waals surface area contributed by atoms with Crippen LogP contribution in [0, 0.1) is 6.92 Å². The second kappa shape index (κ2) is 7.29. The zero-order chi connectivity index (χ0) is 20.4. The molecule has 0 aliphatic carbocycles. The quantitative estimate of drug-likeness (QED) is 0.433. The summed E-state index contributed by atoms with van der Waals surface area (Å²) >= 11 is 0. The Morgan fingerprint density at radius 2 is 1.22 bits per heavy atom. The molecule has 27 heavy (non-hydrogen) atoms. The highest BCUT2D eigenvalue weighted by Gasteiger charge is 2.44. The topological polar surface area (TPSA) is 46.6 Å². The van der Waals surface area contributed by atoms with Crippen molar-refractivity contribution in [2.75, 3.05) is 4.90 Å². The Morgan fingerprint density at radius 3 is 1.63 bits per heavy atom. The average molecular weight is 391 g/mol. The summed E-state index contributed by atoms with van der Waals surface area (Å²) in [5.74, 6) is -5.20. The third-order valence-electron chi connectivity index (χ3n) is 3.27. The number of nitrogens with zero attached hydrogens (tertiary/aromatic N) is 1. The van der Waals surface area contributed by atoms with Crippen LogP contribution in [0.25, 0.3) is 0 Å². The molecule has 2 aromatic carbocycles. The fourth-order valence-corrected chi connectivity index (χ4v) is 2.03. The summed E-state index contributed by atoms with van der Waals surface area (Å²) < 4.78 is 79.5. The summed E-state index contributed by atoms with van der Waals surface area (Å²) in [6, 6.07) is 9.13. The molecule has 0 radical (unpaired) electrons. The number of carbonyl (C=O) groups is 2. The van der Waals surface area contributed by atoms with Crippen LogP contribution in [-0.2, 0) is 9.59 Å². The minimum atomic E-state index is -5.22. The number of alkyl halides is 6. The predicted molar refractivity (Wildman–Crippen MR) is 82.5 cm³/mol. The molecule has 0 atom stereocenters. The molecule has 10 heteroatoms. The average Bonchev–Trinajstić information content (AvgIpc) is 2.56. The Balaban J connectivity index is 2.37. The van der Waals surface area contributed by atoms with Gasteiger partial charge in [-0.2, -0.15) is 26.3 Å². The van der Waals surface area contributed by atoms with Gasteiger partial charge < -0.3 is 4.74 Å². The van der Waals surface area contributed by atoms with E-state index in [1.54, 1.807) is 6.92 Å². The van der Waals surface area contributed by atoms with Crippen LogP contribution in [0.3, 0.4) is 0 Å². The van der Waals surface area contributed by atoms with Gasteiger partial charge in [0.2, 0.25) is 0 Å². The van der Waals surface area contributed by atoms with Gasteiger partial charge in [-0.1, -0.05) is 17.7 Å². The normalized spacial score (nSPS) is 11.8. The SMILES string of the molecule is Cc1ccc(N(C(=O)C(F)(F)F)c2ccc(OC(=O)C(F)(F)F)cc2)cc1. The van der Waals surface area contributed by atoms with Gasteiger partial charge in [-0.15, -0.1) is 0 Å². The van der Waals surface area contributed by atoms with E-state index in [2.05, 4.69) is 4.74 Å². The summed E-state index contributed by atoms with van der Waals surface area (Å²) in [7, 11) is 0. The van der Waals surface area contributed by atoms with Crippen molar-refractivity contribution in [3.05, 3.63) is 54.1 Å². The summed E-state index contributed by atoms with van der Waals surface area (Å²) in [6.07, 6.45) is -10.4. The predicted octanol–water partition coefficient (Wildman–Crippen LogP) is 4.69. The molecule has 0 fully saturated rings. The molecule has 0 unspecified atom stereocenters. The second-order valence-corrected chi connectivity index (χ2v) is 5.36. The van der Waals surface area contributed by atoms with Gasteiger partial charge in [-0.3, -0.25) is 9.69 Å². The third-order valence-corrected chi connectivity index (χ3v) is 3.27. The van der Waals surface area contributed by atoms with E-state index in [0.29, 0.717) is 4.90 Å². The maximum absolute atomic E-state index is 12.9. The van der Waals surface area contributed by atoms with Crippen molar-refractivity contribution in [1.82, 2.24) is 0 Å². The molecule has 0 saturated heterocycles. The number of benzene rings is 2.